The second-order valence-corrected chi connectivity index (χ2v) is 6.69. The van der Waals surface area contributed by atoms with Crippen molar-refractivity contribution in [3.63, 3.8) is 0 Å². The molecule has 0 bridgehead atoms. The number of nitrogens with zero attached hydrogens (tertiary/aromatic N) is 2. The van der Waals surface area contributed by atoms with Crippen molar-refractivity contribution in [2.24, 2.45) is 5.73 Å². The Bertz CT molecular complexity index is 557. The molecule has 1 amide bonds. The van der Waals surface area contributed by atoms with Gasteiger partial charge in [0.25, 0.3) is 0 Å². The first kappa shape index (κ1) is 17.9. The summed E-state index contributed by atoms with van der Waals surface area (Å²) in [7, 11) is -3.33. The number of piperazine rings is 1. The van der Waals surface area contributed by atoms with Gasteiger partial charge in [-0.05, 0) is 5.56 Å². The van der Waals surface area contributed by atoms with Crippen LogP contribution in [0.2, 0.25) is 0 Å². The van der Waals surface area contributed by atoms with Crippen LogP contribution in [0, 0.1) is 0 Å². The Hall–Kier alpha value is -1.15. The molecule has 2 rings (SSSR count). The van der Waals surface area contributed by atoms with Gasteiger partial charge in [-0.3, -0.25) is 4.79 Å². The lowest BCUT2D eigenvalue weighted by Gasteiger charge is -2.33. The highest BCUT2D eigenvalue weighted by atomic mass is 35.5. The lowest BCUT2D eigenvalue weighted by atomic mass is 10.2. The minimum Gasteiger partial charge on any atom is -0.339 e. The van der Waals surface area contributed by atoms with Gasteiger partial charge < -0.3 is 10.6 Å². The van der Waals surface area contributed by atoms with Gasteiger partial charge in [-0.1, -0.05) is 30.3 Å². The molecule has 2 N–H and O–H groups in total. The van der Waals surface area contributed by atoms with E-state index in [-0.39, 0.29) is 30.6 Å². The fourth-order valence-electron chi connectivity index (χ4n) is 2.22. The number of nitrogens with two attached hydrogens (primary N) is 1. The van der Waals surface area contributed by atoms with E-state index in [1.807, 2.05) is 18.2 Å². The van der Waals surface area contributed by atoms with E-state index in [9.17, 15) is 13.2 Å². The topological polar surface area (TPSA) is 83.7 Å². The van der Waals surface area contributed by atoms with Crippen molar-refractivity contribution >= 4 is 28.3 Å². The molecule has 0 aliphatic carbocycles. The largest absolute Gasteiger partial charge is 0.339 e. The highest BCUT2D eigenvalue weighted by Gasteiger charge is 2.28. The number of halogens is 1. The summed E-state index contributed by atoms with van der Waals surface area (Å²) in [6.07, 6.45) is 0. The van der Waals surface area contributed by atoms with E-state index in [2.05, 4.69) is 0 Å². The number of benzene rings is 1. The predicted molar refractivity (Wildman–Crippen MR) is 83.5 cm³/mol. The van der Waals surface area contributed by atoms with E-state index in [4.69, 9.17) is 5.73 Å². The third-order valence-electron chi connectivity index (χ3n) is 3.35. The van der Waals surface area contributed by atoms with Gasteiger partial charge in [0, 0.05) is 26.2 Å². The minimum absolute atomic E-state index is 0. The van der Waals surface area contributed by atoms with E-state index >= 15 is 0 Å². The standard InChI is InChI=1S/C13H19N3O3S.ClH/c14-10-13(17)15-6-8-16(9-7-15)20(18,19)11-12-4-2-1-3-5-12;/h1-5H,6-11,14H2;1H. The summed E-state index contributed by atoms with van der Waals surface area (Å²) in [4.78, 5) is 13.1. The molecule has 1 heterocycles. The summed E-state index contributed by atoms with van der Waals surface area (Å²) in [5.41, 5.74) is 6.07. The molecule has 1 aromatic rings. The highest BCUT2D eigenvalue weighted by molar-refractivity contribution is 7.88. The molecule has 0 spiro atoms. The number of rotatable bonds is 4. The molecule has 0 unspecified atom stereocenters. The van der Waals surface area contributed by atoms with Crippen LogP contribution in [0.15, 0.2) is 30.3 Å². The fraction of sp³-hybridized carbons (Fsp3) is 0.462. The zero-order chi connectivity index (χ0) is 14.6. The smallest absolute Gasteiger partial charge is 0.236 e. The zero-order valence-corrected chi connectivity index (χ0v) is 13.3. The van der Waals surface area contributed by atoms with Crippen molar-refractivity contribution in [3.8, 4) is 0 Å². The Morgan fingerprint density at radius 1 is 1.10 bits per heavy atom. The van der Waals surface area contributed by atoms with E-state index < -0.39 is 10.0 Å². The summed E-state index contributed by atoms with van der Waals surface area (Å²) in [6, 6.07) is 9.09. The zero-order valence-electron chi connectivity index (χ0n) is 11.6. The first-order chi connectivity index (χ1) is 9.53. The molecule has 1 aliphatic rings. The second-order valence-electron chi connectivity index (χ2n) is 4.73. The van der Waals surface area contributed by atoms with Crippen molar-refractivity contribution < 1.29 is 13.2 Å². The van der Waals surface area contributed by atoms with E-state index in [0.717, 1.165) is 5.56 Å². The molecule has 21 heavy (non-hydrogen) atoms. The van der Waals surface area contributed by atoms with Gasteiger partial charge in [-0.15, -0.1) is 12.4 Å². The Kier molecular flexibility index (Phi) is 6.60. The van der Waals surface area contributed by atoms with Gasteiger partial charge in [-0.2, -0.15) is 4.31 Å². The van der Waals surface area contributed by atoms with Crippen LogP contribution in [0.1, 0.15) is 5.56 Å². The van der Waals surface area contributed by atoms with E-state index in [1.165, 1.54) is 4.31 Å². The molecule has 6 nitrogen and oxygen atoms in total. The van der Waals surface area contributed by atoms with Crippen molar-refractivity contribution in [2.75, 3.05) is 32.7 Å². The van der Waals surface area contributed by atoms with Crippen LogP contribution in [0.25, 0.3) is 0 Å². The summed E-state index contributed by atoms with van der Waals surface area (Å²) < 4.78 is 26.0. The SMILES string of the molecule is Cl.NCC(=O)N1CCN(S(=O)(=O)Cc2ccccc2)CC1. The number of sulfonamides is 1. The van der Waals surface area contributed by atoms with Gasteiger partial charge >= 0.3 is 0 Å². The van der Waals surface area contributed by atoms with Gasteiger partial charge in [-0.25, -0.2) is 8.42 Å². The molecule has 0 aromatic heterocycles. The molecule has 1 aliphatic heterocycles. The van der Waals surface area contributed by atoms with Crippen molar-refractivity contribution in [3.05, 3.63) is 35.9 Å². The molecule has 1 saturated heterocycles. The third kappa shape index (κ3) is 4.67. The number of carbonyl (C=O) groups is 1. The van der Waals surface area contributed by atoms with Crippen molar-refractivity contribution in [2.45, 2.75) is 5.75 Å². The summed E-state index contributed by atoms with van der Waals surface area (Å²) in [6.45, 7) is 1.45. The molecule has 1 aromatic carbocycles. The van der Waals surface area contributed by atoms with Crippen molar-refractivity contribution in [1.82, 2.24) is 9.21 Å². The maximum Gasteiger partial charge on any atom is 0.236 e. The van der Waals surface area contributed by atoms with Crippen LogP contribution in [-0.2, 0) is 20.6 Å². The van der Waals surface area contributed by atoms with Crippen LogP contribution < -0.4 is 5.73 Å². The summed E-state index contributed by atoms with van der Waals surface area (Å²) in [5, 5.41) is 0. The first-order valence-electron chi connectivity index (χ1n) is 6.52. The van der Waals surface area contributed by atoms with Crippen LogP contribution in [-0.4, -0.2) is 56.3 Å². The molecule has 8 heteroatoms. The molecule has 118 valence electrons. The summed E-state index contributed by atoms with van der Waals surface area (Å²) in [5.74, 6) is -0.135. The Morgan fingerprint density at radius 2 is 1.67 bits per heavy atom. The average Bonchev–Trinajstić information content (AvgIpc) is 2.47. The third-order valence-corrected chi connectivity index (χ3v) is 5.20. The Labute approximate surface area is 131 Å². The van der Waals surface area contributed by atoms with Gasteiger partial charge in [0.1, 0.15) is 0 Å². The Morgan fingerprint density at radius 3 is 2.19 bits per heavy atom. The maximum absolute atomic E-state index is 12.3. The van der Waals surface area contributed by atoms with E-state index in [0.29, 0.717) is 26.2 Å². The minimum atomic E-state index is -3.33. The maximum atomic E-state index is 12.3. The number of carbonyl (C=O) groups excluding carboxylic acids is 1. The van der Waals surface area contributed by atoms with Gasteiger partial charge in [0.2, 0.25) is 15.9 Å². The molecule has 0 atom stereocenters. The Balaban J connectivity index is 0.00000220. The second kappa shape index (κ2) is 7.74. The summed E-state index contributed by atoms with van der Waals surface area (Å²) >= 11 is 0. The lowest BCUT2D eigenvalue weighted by molar-refractivity contribution is -0.130. The van der Waals surface area contributed by atoms with Crippen LogP contribution >= 0.6 is 12.4 Å². The van der Waals surface area contributed by atoms with Crippen LogP contribution in [0.4, 0.5) is 0 Å². The first-order valence-corrected chi connectivity index (χ1v) is 8.13. The number of hydrogen-bond donors (Lipinski definition) is 1. The molecule has 0 radical (unpaired) electrons. The fourth-order valence-corrected chi connectivity index (χ4v) is 3.74. The number of amides is 1. The molecular weight excluding hydrogens is 314 g/mol. The van der Waals surface area contributed by atoms with Crippen LogP contribution in [0.5, 0.6) is 0 Å². The van der Waals surface area contributed by atoms with Crippen molar-refractivity contribution in [1.29, 1.82) is 0 Å². The van der Waals surface area contributed by atoms with E-state index in [1.54, 1.807) is 17.0 Å². The van der Waals surface area contributed by atoms with Crippen LogP contribution in [0.3, 0.4) is 0 Å². The van der Waals surface area contributed by atoms with Gasteiger partial charge in [0.15, 0.2) is 0 Å². The average molecular weight is 334 g/mol. The molecule has 0 saturated carbocycles. The normalized spacial score (nSPS) is 16.3. The monoisotopic (exact) mass is 333 g/mol. The predicted octanol–water partition coefficient (Wildman–Crippen LogP) is 0.0411. The number of hydrogen-bond acceptors (Lipinski definition) is 4. The molecule has 1 fully saturated rings. The van der Waals surface area contributed by atoms with Gasteiger partial charge in [0.05, 0.1) is 12.3 Å². The quantitative estimate of drug-likeness (QED) is 0.843. The molecular formula is C13H20ClN3O3S. The highest BCUT2D eigenvalue weighted by Crippen LogP contribution is 2.13. The lowest BCUT2D eigenvalue weighted by Crippen LogP contribution is -2.52.